The minimum absolute atomic E-state index is 1.16. The highest BCUT2D eigenvalue weighted by atomic mass is 13.9. The Hall–Kier alpha value is -2.34. The third-order valence-corrected chi connectivity index (χ3v) is 2.91. The van der Waals surface area contributed by atoms with Gasteiger partial charge in [-0.3, -0.25) is 0 Å². The summed E-state index contributed by atoms with van der Waals surface area (Å²) in [5.41, 5.74) is 4.72. The molecule has 0 radical (unpaired) electrons. The van der Waals surface area contributed by atoms with Gasteiger partial charge in [0.25, 0.3) is 0 Å². The Morgan fingerprint density at radius 3 is 1.14 bits per heavy atom. The zero-order valence-electron chi connectivity index (χ0n) is 14.3. The van der Waals surface area contributed by atoms with Crippen LogP contribution < -0.4 is 0 Å². The van der Waals surface area contributed by atoms with E-state index in [1.54, 1.807) is 0 Å². The smallest absolute Gasteiger partial charge is 0.0398 e. The Morgan fingerprint density at radius 2 is 0.818 bits per heavy atom. The summed E-state index contributed by atoms with van der Waals surface area (Å²) in [5, 5.41) is 0. The summed E-state index contributed by atoms with van der Waals surface area (Å²) < 4.78 is 0. The van der Waals surface area contributed by atoms with Crippen LogP contribution in [0.25, 0.3) is 0 Å². The molecule has 0 amide bonds. The second-order valence-corrected chi connectivity index (χ2v) is 5.15. The molecule has 0 bridgehead atoms. The Kier molecular flexibility index (Phi) is 11.1. The molecule has 0 atom stereocenters. The predicted octanol–water partition coefficient (Wildman–Crippen LogP) is 6.81. The van der Waals surface area contributed by atoms with Crippen molar-refractivity contribution >= 4 is 0 Å². The van der Waals surface area contributed by atoms with Crippen molar-refractivity contribution in [3.8, 4) is 0 Å². The molecule has 0 heteroatoms. The zero-order valence-corrected chi connectivity index (χ0v) is 14.3. The molecule has 0 aromatic rings. The van der Waals surface area contributed by atoms with Crippen molar-refractivity contribution in [3.63, 3.8) is 0 Å². The molecule has 0 unspecified atom stereocenters. The molecule has 0 aliphatic heterocycles. The summed E-state index contributed by atoms with van der Waals surface area (Å²) in [6.07, 6.45) is 24.3. The van der Waals surface area contributed by atoms with Crippen LogP contribution in [0.15, 0.2) is 108 Å². The predicted molar refractivity (Wildman–Crippen MR) is 103 cm³/mol. The van der Waals surface area contributed by atoms with Crippen molar-refractivity contribution in [2.45, 2.75) is 27.7 Å². The fourth-order valence-electron chi connectivity index (χ4n) is 1.37. The monoisotopic (exact) mass is 292 g/mol. The van der Waals surface area contributed by atoms with Crippen molar-refractivity contribution in [2.24, 2.45) is 0 Å². The van der Waals surface area contributed by atoms with Gasteiger partial charge in [0, 0.05) is 0 Å². The SMILES string of the molecule is C=C/C(C)=C/C=C/C(C)=C/C=C\C=C(C)\C=C\C=C(/C)C=C. The molecule has 0 heterocycles. The molecule has 0 aromatic carbocycles. The average Bonchev–Trinajstić information content (AvgIpc) is 2.51. The maximum Gasteiger partial charge on any atom is -0.0398 e. The van der Waals surface area contributed by atoms with E-state index in [4.69, 9.17) is 0 Å². The Bertz CT molecular complexity index is 515. The summed E-state index contributed by atoms with van der Waals surface area (Å²) in [7, 11) is 0. The lowest BCUT2D eigenvalue weighted by molar-refractivity contribution is 1.49. The van der Waals surface area contributed by atoms with Gasteiger partial charge in [-0.05, 0) is 27.7 Å². The molecular weight excluding hydrogens is 264 g/mol. The lowest BCUT2D eigenvalue weighted by Gasteiger charge is -1.89. The second kappa shape index (κ2) is 12.4. The summed E-state index contributed by atoms with van der Waals surface area (Å²) in [6, 6.07) is 0. The summed E-state index contributed by atoms with van der Waals surface area (Å²) >= 11 is 0. The zero-order chi connectivity index (χ0) is 16.8. The van der Waals surface area contributed by atoms with E-state index in [-0.39, 0.29) is 0 Å². The van der Waals surface area contributed by atoms with Gasteiger partial charge >= 0.3 is 0 Å². The summed E-state index contributed by atoms with van der Waals surface area (Å²) in [5.74, 6) is 0. The first-order chi connectivity index (χ1) is 10.5. The molecular formula is C22H28. The van der Waals surface area contributed by atoms with Gasteiger partial charge in [-0.25, -0.2) is 0 Å². The van der Waals surface area contributed by atoms with Gasteiger partial charge in [0.05, 0.1) is 0 Å². The highest BCUT2D eigenvalue weighted by molar-refractivity contribution is 5.31. The molecule has 0 fully saturated rings. The first kappa shape index (κ1) is 19.7. The highest BCUT2D eigenvalue weighted by Gasteiger charge is 1.80. The van der Waals surface area contributed by atoms with Crippen molar-refractivity contribution in [1.29, 1.82) is 0 Å². The van der Waals surface area contributed by atoms with E-state index in [9.17, 15) is 0 Å². The number of hydrogen-bond acceptors (Lipinski definition) is 0. The maximum absolute atomic E-state index is 3.72. The molecule has 116 valence electrons. The third kappa shape index (κ3) is 11.5. The van der Waals surface area contributed by atoms with Crippen LogP contribution in [0.2, 0.25) is 0 Å². The molecule has 0 N–H and O–H groups in total. The van der Waals surface area contributed by atoms with E-state index in [0.717, 1.165) is 11.1 Å². The first-order valence-electron chi connectivity index (χ1n) is 7.46. The van der Waals surface area contributed by atoms with Crippen LogP contribution in [0.1, 0.15) is 27.7 Å². The topological polar surface area (TPSA) is 0 Å². The second-order valence-electron chi connectivity index (χ2n) is 5.15. The van der Waals surface area contributed by atoms with E-state index in [0.29, 0.717) is 0 Å². The van der Waals surface area contributed by atoms with E-state index in [1.165, 1.54) is 11.1 Å². The summed E-state index contributed by atoms with van der Waals surface area (Å²) in [4.78, 5) is 0. The van der Waals surface area contributed by atoms with Gasteiger partial charge in [0.2, 0.25) is 0 Å². The molecule has 0 aromatic heterocycles. The van der Waals surface area contributed by atoms with Crippen LogP contribution in [-0.2, 0) is 0 Å². The van der Waals surface area contributed by atoms with Crippen molar-refractivity contribution in [1.82, 2.24) is 0 Å². The number of rotatable bonds is 8. The standard InChI is InChI=1S/C22H28/c1-7-19(3)15-11-17-21(5)13-9-10-14-22(6)18-12-16-20(4)8-2/h7-18H,1-2H2,3-6H3/b10-9-,17-11+,18-12+,19-15+,20-16+,21-13+,22-14+. The lowest BCUT2D eigenvalue weighted by atomic mass is 10.2. The number of hydrogen-bond donors (Lipinski definition) is 0. The Labute approximate surface area is 136 Å². The van der Waals surface area contributed by atoms with E-state index < -0.39 is 0 Å². The van der Waals surface area contributed by atoms with Crippen LogP contribution in [0.4, 0.5) is 0 Å². The van der Waals surface area contributed by atoms with E-state index in [1.807, 2.05) is 62.5 Å². The first-order valence-corrected chi connectivity index (χ1v) is 7.46. The van der Waals surface area contributed by atoms with Gasteiger partial charge in [0.1, 0.15) is 0 Å². The van der Waals surface area contributed by atoms with Gasteiger partial charge in [0.15, 0.2) is 0 Å². The van der Waals surface area contributed by atoms with Gasteiger partial charge in [-0.2, -0.15) is 0 Å². The van der Waals surface area contributed by atoms with Crippen molar-refractivity contribution < 1.29 is 0 Å². The molecule has 0 spiro atoms. The van der Waals surface area contributed by atoms with Gasteiger partial charge in [-0.1, -0.05) is 108 Å². The fraction of sp³-hybridized carbons (Fsp3) is 0.182. The Balaban J connectivity index is 4.53. The molecule has 0 aliphatic carbocycles. The molecule has 0 rings (SSSR count). The van der Waals surface area contributed by atoms with E-state index in [2.05, 4.69) is 51.3 Å². The largest absolute Gasteiger partial charge is 0.0988 e. The molecule has 22 heavy (non-hydrogen) atoms. The van der Waals surface area contributed by atoms with Gasteiger partial charge in [-0.15, -0.1) is 0 Å². The van der Waals surface area contributed by atoms with Crippen LogP contribution >= 0.6 is 0 Å². The van der Waals surface area contributed by atoms with Gasteiger partial charge < -0.3 is 0 Å². The fourth-order valence-corrected chi connectivity index (χ4v) is 1.37. The molecule has 0 aliphatic rings. The normalized spacial score (nSPS) is 15.3. The lowest BCUT2D eigenvalue weighted by Crippen LogP contribution is -1.68. The molecule has 0 saturated heterocycles. The van der Waals surface area contributed by atoms with Crippen molar-refractivity contribution in [3.05, 3.63) is 108 Å². The van der Waals surface area contributed by atoms with E-state index >= 15 is 0 Å². The highest BCUT2D eigenvalue weighted by Crippen LogP contribution is 2.01. The van der Waals surface area contributed by atoms with Crippen LogP contribution in [0.5, 0.6) is 0 Å². The average molecular weight is 292 g/mol. The third-order valence-electron chi connectivity index (χ3n) is 2.91. The van der Waals surface area contributed by atoms with Crippen LogP contribution in [0, 0.1) is 0 Å². The van der Waals surface area contributed by atoms with Crippen LogP contribution in [-0.4, -0.2) is 0 Å². The van der Waals surface area contributed by atoms with Crippen molar-refractivity contribution in [2.75, 3.05) is 0 Å². The Morgan fingerprint density at radius 1 is 0.500 bits per heavy atom. The quantitative estimate of drug-likeness (QED) is 0.431. The maximum atomic E-state index is 3.72. The minimum atomic E-state index is 1.16. The molecule has 0 nitrogen and oxygen atoms in total. The molecule has 0 saturated carbocycles. The number of allylic oxidation sites excluding steroid dienone is 16. The minimum Gasteiger partial charge on any atom is -0.0988 e. The summed E-state index contributed by atoms with van der Waals surface area (Å²) in [6.45, 7) is 15.7. The van der Waals surface area contributed by atoms with Crippen LogP contribution in [0.3, 0.4) is 0 Å².